The zero-order valence-electron chi connectivity index (χ0n) is 22.3. The monoisotopic (exact) mass is 533 g/mol. The van der Waals surface area contributed by atoms with Crippen molar-refractivity contribution >= 4 is 11.6 Å². The van der Waals surface area contributed by atoms with E-state index in [-0.39, 0.29) is 35.0 Å². The quantitative estimate of drug-likeness (QED) is 0.297. The van der Waals surface area contributed by atoms with Crippen LogP contribution in [0.3, 0.4) is 0 Å². The van der Waals surface area contributed by atoms with E-state index in [1.807, 2.05) is 32.0 Å². The third-order valence-corrected chi connectivity index (χ3v) is 8.91. The third-order valence-electron chi connectivity index (χ3n) is 8.91. The second-order valence-corrected chi connectivity index (χ2v) is 12.6. The molecule has 0 radical (unpaired) electrons. The van der Waals surface area contributed by atoms with Crippen molar-refractivity contribution in [1.29, 1.82) is 0 Å². The minimum atomic E-state index is -0.785. The first kappa shape index (κ1) is 26.0. The molecule has 2 atom stereocenters. The summed E-state index contributed by atoms with van der Waals surface area (Å²) in [7, 11) is 0. The third kappa shape index (κ3) is 5.31. The molecule has 1 aliphatic heterocycles. The van der Waals surface area contributed by atoms with Gasteiger partial charge in [0.1, 0.15) is 23.1 Å². The number of hydrogen-bond donors (Lipinski definition) is 0. The van der Waals surface area contributed by atoms with Crippen molar-refractivity contribution in [3.8, 4) is 11.3 Å². The molecule has 3 aliphatic rings. The van der Waals surface area contributed by atoms with Crippen LogP contribution in [0.1, 0.15) is 68.6 Å². The summed E-state index contributed by atoms with van der Waals surface area (Å²) in [5, 5.41) is 3.90. The van der Waals surface area contributed by atoms with E-state index < -0.39 is 22.5 Å². The molecule has 0 spiro atoms. The second kappa shape index (κ2) is 9.73. The number of pyridine rings is 1. The van der Waals surface area contributed by atoms with Crippen LogP contribution < -0.4 is 0 Å². The lowest BCUT2D eigenvalue weighted by molar-refractivity contribution is -0.127. The normalized spacial score (nSPS) is 23.7. The molecular weight excluding hydrogens is 500 g/mol. The van der Waals surface area contributed by atoms with E-state index in [4.69, 9.17) is 4.52 Å². The molecule has 6 rings (SSSR count). The number of likely N-dealkylation sites (tertiary alicyclic amines) is 1. The van der Waals surface area contributed by atoms with Crippen LogP contribution in [0, 0.1) is 28.9 Å². The molecule has 39 heavy (non-hydrogen) atoms. The van der Waals surface area contributed by atoms with Gasteiger partial charge in [0.25, 0.3) is 0 Å². The van der Waals surface area contributed by atoms with E-state index in [1.54, 1.807) is 6.20 Å². The maximum absolute atomic E-state index is 14.2. The average molecular weight is 534 g/mol. The predicted molar refractivity (Wildman–Crippen MR) is 141 cm³/mol. The molecule has 0 N–H and O–H groups in total. The van der Waals surface area contributed by atoms with Gasteiger partial charge in [-0.2, -0.15) is 0 Å². The fourth-order valence-corrected chi connectivity index (χ4v) is 6.82. The van der Waals surface area contributed by atoms with Crippen LogP contribution >= 0.6 is 0 Å². The first-order chi connectivity index (χ1) is 18.6. The lowest BCUT2D eigenvalue weighted by Gasteiger charge is -2.53. The molecule has 0 bridgehead atoms. The van der Waals surface area contributed by atoms with Gasteiger partial charge in [-0.1, -0.05) is 25.1 Å². The molecule has 3 fully saturated rings. The fraction of sp³-hybridized carbons (Fsp3) is 0.484. The highest BCUT2D eigenvalue weighted by molar-refractivity contribution is 5.96. The smallest absolute Gasteiger partial charge is 0.185 e. The molecule has 8 heteroatoms. The SMILES string of the molecule is CC(C)(CC(=O)CC1(CC(=O)c2cc(-c3ccc(F)cc3F)on2)CN(C2CC3CC3C2)C1)c1ccccn1. The Morgan fingerprint density at radius 1 is 1.05 bits per heavy atom. The molecule has 3 aromatic rings. The summed E-state index contributed by atoms with van der Waals surface area (Å²) in [6, 6.07) is 10.8. The number of fused-ring (bicyclic) bond motifs is 1. The van der Waals surface area contributed by atoms with Gasteiger partial charge in [-0.05, 0) is 55.4 Å². The second-order valence-electron chi connectivity index (χ2n) is 12.6. The van der Waals surface area contributed by atoms with Crippen LogP contribution in [-0.4, -0.2) is 45.7 Å². The molecule has 6 nitrogen and oxygen atoms in total. The summed E-state index contributed by atoms with van der Waals surface area (Å²) < 4.78 is 32.8. The molecule has 3 heterocycles. The molecule has 1 aromatic carbocycles. The van der Waals surface area contributed by atoms with Crippen LogP contribution in [0.4, 0.5) is 8.78 Å². The molecule has 2 aromatic heterocycles. The van der Waals surface area contributed by atoms with E-state index in [1.165, 1.54) is 31.4 Å². The summed E-state index contributed by atoms with van der Waals surface area (Å²) in [6.07, 6.45) is 6.32. The van der Waals surface area contributed by atoms with Gasteiger partial charge in [0.15, 0.2) is 11.5 Å². The Kier molecular flexibility index (Phi) is 6.49. The van der Waals surface area contributed by atoms with Gasteiger partial charge < -0.3 is 4.52 Å². The fourth-order valence-electron chi connectivity index (χ4n) is 6.82. The number of carbonyl (C=O) groups is 2. The number of aromatic nitrogens is 2. The van der Waals surface area contributed by atoms with Gasteiger partial charge in [0, 0.05) is 73.2 Å². The number of halogens is 2. The number of carbonyl (C=O) groups excluding carboxylic acids is 2. The number of ketones is 2. The van der Waals surface area contributed by atoms with Crippen molar-refractivity contribution in [3.63, 3.8) is 0 Å². The van der Waals surface area contributed by atoms with Crippen molar-refractivity contribution in [2.24, 2.45) is 17.3 Å². The molecule has 204 valence electrons. The largest absolute Gasteiger partial charge is 0.355 e. The minimum Gasteiger partial charge on any atom is -0.355 e. The van der Waals surface area contributed by atoms with Crippen LogP contribution in [-0.2, 0) is 10.2 Å². The van der Waals surface area contributed by atoms with Crippen molar-refractivity contribution < 1.29 is 22.9 Å². The van der Waals surface area contributed by atoms with E-state index in [2.05, 4.69) is 15.0 Å². The molecule has 1 saturated heterocycles. The van der Waals surface area contributed by atoms with Crippen LogP contribution in [0.2, 0.25) is 0 Å². The maximum atomic E-state index is 14.2. The predicted octanol–water partition coefficient (Wildman–Crippen LogP) is 6.02. The van der Waals surface area contributed by atoms with Crippen molar-refractivity contribution in [1.82, 2.24) is 15.0 Å². The number of rotatable bonds is 10. The van der Waals surface area contributed by atoms with Crippen molar-refractivity contribution in [3.05, 3.63) is 71.7 Å². The highest BCUT2D eigenvalue weighted by Crippen LogP contribution is 2.55. The Bertz CT molecular complexity index is 1390. The van der Waals surface area contributed by atoms with Gasteiger partial charge in [0.2, 0.25) is 0 Å². The first-order valence-electron chi connectivity index (χ1n) is 13.7. The van der Waals surface area contributed by atoms with Gasteiger partial charge in [0.05, 0.1) is 5.56 Å². The van der Waals surface area contributed by atoms with Crippen LogP contribution in [0.25, 0.3) is 11.3 Å². The molecule has 2 saturated carbocycles. The summed E-state index contributed by atoms with van der Waals surface area (Å²) in [6.45, 7) is 5.45. The zero-order chi connectivity index (χ0) is 27.4. The topological polar surface area (TPSA) is 76.3 Å². The van der Waals surface area contributed by atoms with Crippen molar-refractivity contribution in [2.45, 2.75) is 63.8 Å². The maximum Gasteiger partial charge on any atom is 0.185 e. The number of benzene rings is 1. The highest BCUT2D eigenvalue weighted by atomic mass is 19.1. The van der Waals surface area contributed by atoms with E-state index in [0.29, 0.717) is 32.0 Å². The van der Waals surface area contributed by atoms with Gasteiger partial charge >= 0.3 is 0 Å². The summed E-state index contributed by atoms with van der Waals surface area (Å²) in [5.74, 6) is 0.171. The summed E-state index contributed by atoms with van der Waals surface area (Å²) in [5.41, 5.74) is 0.114. The van der Waals surface area contributed by atoms with Crippen LogP contribution in [0.5, 0.6) is 0 Å². The summed E-state index contributed by atoms with van der Waals surface area (Å²) in [4.78, 5) is 33.7. The summed E-state index contributed by atoms with van der Waals surface area (Å²) >= 11 is 0. The Hall–Kier alpha value is -3.26. The highest BCUT2D eigenvalue weighted by Gasteiger charge is 2.54. The van der Waals surface area contributed by atoms with Crippen LogP contribution in [0.15, 0.2) is 53.2 Å². The minimum absolute atomic E-state index is 0.0409. The van der Waals surface area contributed by atoms with E-state index >= 15 is 0 Å². The lowest BCUT2D eigenvalue weighted by atomic mass is 9.69. The van der Waals surface area contributed by atoms with Gasteiger partial charge in [-0.25, -0.2) is 8.78 Å². The molecule has 2 aliphatic carbocycles. The lowest BCUT2D eigenvalue weighted by Crippen LogP contribution is -2.61. The van der Waals surface area contributed by atoms with Gasteiger partial charge in [-0.3, -0.25) is 19.5 Å². The van der Waals surface area contributed by atoms with E-state index in [0.717, 1.165) is 29.7 Å². The van der Waals surface area contributed by atoms with E-state index in [9.17, 15) is 18.4 Å². The standard InChI is InChI=1S/C31H33F2N3O3/c1-30(2,29-5-3-4-8-34-29)14-23(37)15-31(17-36(18-31)22-10-19-9-20(19)11-22)16-27(38)26-13-28(39-35-26)24-7-6-21(32)12-25(24)33/h3-8,12-13,19-20,22H,9-11,14-18H2,1-2H3. The number of hydrogen-bond acceptors (Lipinski definition) is 6. The number of nitrogens with zero attached hydrogens (tertiary/aromatic N) is 3. The average Bonchev–Trinajstić information content (AvgIpc) is 3.24. The molecule has 0 amide bonds. The first-order valence-corrected chi connectivity index (χ1v) is 13.7. The number of Topliss-reactive ketones (excluding diaryl/α,β-unsaturated/α-hetero) is 2. The van der Waals surface area contributed by atoms with Crippen molar-refractivity contribution in [2.75, 3.05) is 13.1 Å². The Morgan fingerprint density at radius 2 is 1.82 bits per heavy atom. The Balaban J connectivity index is 1.17. The Morgan fingerprint density at radius 3 is 2.51 bits per heavy atom. The van der Waals surface area contributed by atoms with Gasteiger partial charge in [-0.15, -0.1) is 0 Å². The molecule has 2 unspecified atom stereocenters. The zero-order valence-corrected chi connectivity index (χ0v) is 22.3. The molecular formula is C31H33F2N3O3. The Labute approximate surface area is 226 Å².